The Morgan fingerprint density at radius 2 is 1.76 bits per heavy atom. The first-order valence-corrected chi connectivity index (χ1v) is 15.1. The maximum Gasteiger partial charge on any atom is 0.471 e. The zero-order chi connectivity index (χ0) is 32.1. The van der Waals surface area contributed by atoms with E-state index in [9.17, 15) is 27.9 Å². The summed E-state index contributed by atoms with van der Waals surface area (Å²) in [7, 11) is 2.04. The van der Waals surface area contributed by atoms with E-state index in [1.807, 2.05) is 49.5 Å². The van der Waals surface area contributed by atoms with Crippen molar-refractivity contribution in [3.8, 4) is 0 Å². The number of alkyl halides is 3. The molecule has 2 aliphatic rings. The average molecular weight is 626 g/mol. The lowest BCUT2D eigenvalue weighted by Gasteiger charge is -2.39. The highest BCUT2D eigenvalue weighted by Crippen LogP contribution is 2.39. The van der Waals surface area contributed by atoms with Gasteiger partial charge in [-0.3, -0.25) is 14.5 Å². The van der Waals surface area contributed by atoms with Crippen LogP contribution in [0.25, 0.3) is 0 Å². The Bertz CT molecular complexity index is 1450. The number of ether oxygens (including phenoxy) is 2. The van der Waals surface area contributed by atoms with E-state index in [4.69, 9.17) is 9.47 Å². The van der Waals surface area contributed by atoms with Crippen LogP contribution in [0.3, 0.4) is 0 Å². The minimum atomic E-state index is -5.04. The van der Waals surface area contributed by atoms with Crippen molar-refractivity contribution in [3.63, 3.8) is 0 Å². The number of likely N-dealkylation sites (N-methyl/N-ethyl adjacent to an activating group) is 1. The number of carbonyl (C=O) groups is 2. The first-order chi connectivity index (χ1) is 21.5. The van der Waals surface area contributed by atoms with E-state index in [2.05, 4.69) is 29.3 Å². The predicted octanol–water partition coefficient (Wildman–Crippen LogP) is 5.91. The molecule has 0 unspecified atom stereocenters. The topological polar surface area (TPSA) is 91.3 Å². The molecule has 2 amide bonds. The normalized spacial score (nSPS) is 22.8. The van der Waals surface area contributed by atoms with Gasteiger partial charge in [-0.05, 0) is 55.6 Å². The molecule has 2 aliphatic heterocycles. The quantitative estimate of drug-likeness (QED) is 0.308. The lowest BCUT2D eigenvalue weighted by molar-refractivity contribution is -0.253. The molecule has 0 radical (unpaired) electrons. The number of amides is 2. The van der Waals surface area contributed by atoms with Gasteiger partial charge in [0.15, 0.2) is 6.29 Å². The van der Waals surface area contributed by atoms with Crippen LogP contribution in [0, 0.1) is 0 Å². The van der Waals surface area contributed by atoms with Crippen LogP contribution >= 0.6 is 0 Å². The molecule has 0 saturated carbocycles. The zero-order valence-electron chi connectivity index (χ0n) is 25.2. The number of hydrogen-bond donors (Lipinski definition) is 2. The summed E-state index contributed by atoms with van der Waals surface area (Å²) in [6, 6.07) is 23.5. The van der Waals surface area contributed by atoms with Gasteiger partial charge in [-0.15, -0.1) is 0 Å². The lowest BCUT2D eigenvalue weighted by atomic mass is 9.99. The van der Waals surface area contributed by atoms with Crippen molar-refractivity contribution in [1.82, 2.24) is 9.80 Å². The Morgan fingerprint density at radius 1 is 1.02 bits per heavy atom. The number of benzene rings is 3. The number of anilines is 1. The molecular weight excluding hydrogens is 587 g/mol. The van der Waals surface area contributed by atoms with E-state index >= 15 is 0 Å². The number of nitrogens with one attached hydrogen (secondary N) is 1. The summed E-state index contributed by atoms with van der Waals surface area (Å²) in [5.41, 5.74) is 3.89. The maximum atomic E-state index is 13.1. The van der Waals surface area contributed by atoms with Gasteiger partial charge in [-0.25, -0.2) is 0 Å². The number of rotatable bonds is 9. The van der Waals surface area contributed by atoms with Crippen LogP contribution in [-0.2, 0) is 25.7 Å². The number of nitrogens with zero attached hydrogens (tertiary/aromatic N) is 2. The Hall–Kier alpha value is -3.77. The summed E-state index contributed by atoms with van der Waals surface area (Å²) in [4.78, 5) is 27.7. The molecule has 0 aromatic heterocycles. The van der Waals surface area contributed by atoms with E-state index < -0.39 is 30.3 Å². The third-order valence-corrected chi connectivity index (χ3v) is 8.53. The van der Waals surface area contributed by atoms with Gasteiger partial charge in [0, 0.05) is 36.8 Å². The second kappa shape index (κ2) is 14.1. The highest BCUT2D eigenvalue weighted by Gasteiger charge is 2.47. The van der Waals surface area contributed by atoms with Crippen LogP contribution in [0.15, 0.2) is 78.9 Å². The molecule has 2 heterocycles. The zero-order valence-corrected chi connectivity index (χ0v) is 25.2. The van der Waals surface area contributed by atoms with Gasteiger partial charge < -0.3 is 24.8 Å². The number of hydrogen-bond acceptors (Lipinski definition) is 6. The van der Waals surface area contributed by atoms with E-state index in [1.165, 1.54) is 5.56 Å². The molecular formula is C34H38F3N3O5. The molecule has 2 fully saturated rings. The van der Waals surface area contributed by atoms with Crippen LogP contribution in [0.2, 0.25) is 0 Å². The Morgan fingerprint density at radius 3 is 2.44 bits per heavy atom. The SMILES string of the molecule is C[C@@H](c1ccccc1)N(C)C[C@@H]1C[C@H](c2ccc(CO)cc2)O[C@H](c2cccc(NC(=O)[C@@H]3CCCN3C(=O)C(F)(F)F)c2)O1. The van der Waals surface area contributed by atoms with Gasteiger partial charge in [0.25, 0.3) is 0 Å². The molecule has 3 aromatic carbocycles. The molecule has 240 valence electrons. The van der Waals surface area contributed by atoms with Crippen LogP contribution < -0.4 is 5.32 Å². The smallest absolute Gasteiger partial charge is 0.392 e. The molecule has 3 aromatic rings. The van der Waals surface area contributed by atoms with Crippen molar-refractivity contribution in [3.05, 3.63) is 101 Å². The van der Waals surface area contributed by atoms with E-state index in [0.29, 0.717) is 35.5 Å². The van der Waals surface area contributed by atoms with E-state index in [0.717, 1.165) is 11.1 Å². The number of likely N-dealkylation sites (tertiary alicyclic amines) is 1. The van der Waals surface area contributed by atoms with Crippen LogP contribution in [0.1, 0.15) is 66.9 Å². The van der Waals surface area contributed by atoms with E-state index in [1.54, 1.807) is 24.3 Å². The van der Waals surface area contributed by atoms with E-state index in [-0.39, 0.29) is 37.8 Å². The van der Waals surface area contributed by atoms with Gasteiger partial charge in [-0.2, -0.15) is 13.2 Å². The van der Waals surface area contributed by atoms with Crippen LogP contribution in [-0.4, -0.2) is 65.2 Å². The Kier molecular flexibility index (Phi) is 10.2. The number of aliphatic hydroxyl groups excluding tert-OH is 1. The van der Waals surface area contributed by atoms with Gasteiger partial charge in [0.05, 0.1) is 18.8 Å². The highest BCUT2D eigenvalue weighted by molar-refractivity contribution is 5.98. The Balaban J connectivity index is 1.34. The Labute approximate surface area is 260 Å². The van der Waals surface area contributed by atoms with Crippen molar-refractivity contribution in [2.75, 3.05) is 25.5 Å². The van der Waals surface area contributed by atoms with Gasteiger partial charge in [0.1, 0.15) is 6.04 Å². The minimum Gasteiger partial charge on any atom is -0.392 e. The standard InChI is InChI=1S/C34H38F3N3O5/c1-22(24-8-4-3-5-9-24)39(2)20-28-19-30(25-15-13-23(21-41)14-16-25)45-32(44-28)26-10-6-11-27(18-26)38-31(42)29-12-7-17-40(29)33(43)34(35,36)37/h3-6,8-11,13-16,18,22,28-30,32,41H,7,12,17,19-21H2,1-2H3,(H,38,42)/t22-,28-,29-,30+,32+/m0/s1. The first-order valence-electron chi connectivity index (χ1n) is 15.1. The number of aliphatic hydroxyl groups is 1. The fourth-order valence-electron chi connectivity index (χ4n) is 5.93. The number of halogens is 3. The van der Waals surface area contributed by atoms with Crippen LogP contribution in [0.5, 0.6) is 0 Å². The molecule has 5 atom stereocenters. The molecule has 45 heavy (non-hydrogen) atoms. The average Bonchev–Trinajstić information content (AvgIpc) is 3.54. The predicted molar refractivity (Wildman–Crippen MR) is 162 cm³/mol. The molecule has 2 saturated heterocycles. The monoisotopic (exact) mass is 625 g/mol. The molecule has 5 rings (SSSR count). The summed E-state index contributed by atoms with van der Waals surface area (Å²) < 4.78 is 52.2. The maximum absolute atomic E-state index is 13.1. The van der Waals surface area contributed by atoms with Crippen molar-refractivity contribution in [2.24, 2.45) is 0 Å². The molecule has 0 bridgehead atoms. The summed E-state index contributed by atoms with van der Waals surface area (Å²) >= 11 is 0. The van der Waals surface area contributed by atoms with Gasteiger partial charge in [0.2, 0.25) is 5.91 Å². The lowest BCUT2D eigenvalue weighted by Crippen LogP contribution is -2.48. The molecule has 11 heteroatoms. The molecule has 2 N–H and O–H groups in total. The van der Waals surface area contributed by atoms with Crippen molar-refractivity contribution >= 4 is 17.5 Å². The summed E-state index contributed by atoms with van der Waals surface area (Å²) in [6.07, 6.45) is -5.34. The van der Waals surface area contributed by atoms with Crippen molar-refractivity contribution in [1.29, 1.82) is 0 Å². The molecule has 0 spiro atoms. The summed E-state index contributed by atoms with van der Waals surface area (Å²) in [5.74, 6) is -2.68. The second-order valence-electron chi connectivity index (χ2n) is 11.6. The van der Waals surface area contributed by atoms with Crippen LogP contribution in [0.4, 0.5) is 18.9 Å². The van der Waals surface area contributed by atoms with Crippen molar-refractivity contribution in [2.45, 2.75) is 69.6 Å². The third kappa shape index (κ3) is 7.91. The van der Waals surface area contributed by atoms with Crippen molar-refractivity contribution < 1.29 is 37.3 Å². The number of carbonyl (C=O) groups excluding carboxylic acids is 2. The largest absolute Gasteiger partial charge is 0.471 e. The van der Waals surface area contributed by atoms with Gasteiger partial charge >= 0.3 is 12.1 Å². The summed E-state index contributed by atoms with van der Waals surface area (Å²) in [5, 5.41) is 12.2. The second-order valence-corrected chi connectivity index (χ2v) is 11.6. The molecule has 8 nitrogen and oxygen atoms in total. The first kappa shape index (κ1) is 32.6. The van der Waals surface area contributed by atoms with Gasteiger partial charge in [-0.1, -0.05) is 66.7 Å². The third-order valence-electron chi connectivity index (χ3n) is 8.53. The summed E-state index contributed by atoms with van der Waals surface area (Å²) in [6.45, 7) is 2.56. The molecule has 0 aliphatic carbocycles. The fourth-order valence-corrected chi connectivity index (χ4v) is 5.93. The minimum absolute atomic E-state index is 0.0656. The highest BCUT2D eigenvalue weighted by atomic mass is 19.4. The fraction of sp³-hybridized carbons (Fsp3) is 0.412.